The Hall–Kier alpha value is -2.57. The molecule has 3 aromatic rings. The van der Waals surface area contributed by atoms with Gasteiger partial charge in [0.25, 0.3) is 5.56 Å². The van der Waals surface area contributed by atoms with Gasteiger partial charge in [-0.2, -0.15) is 0 Å². The Bertz CT molecular complexity index is 1090. The van der Waals surface area contributed by atoms with Gasteiger partial charge in [-0.1, -0.05) is 18.2 Å². The van der Waals surface area contributed by atoms with Crippen LogP contribution in [0, 0.1) is 11.7 Å². The fourth-order valence-electron chi connectivity index (χ4n) is 4.37. The monoisotopic (exact) mass is 409 g/mol. The Morgan fingerprint density at radius 2 is 1.90 bits per heavy atom. The number of hydrogen-bond acceptors (Lipinski definition) is 4. The van der Waals surface area contributed by atoms with Crippen molar-refractivity contribution in [2.75, 3.05) is 13.1 Å². The predicted octanol–water partition coefficient (Wildman–Crippen LogP) is 3.82. The maximum atomic E-state index is 13.4. The SMILES string of the molecule is CC(C)N1CCCC(Cn2c(CO)nc3ccc(-c4ccc(F)cc4)cc3c2=O)C1. The summed E-state index contributed by atoms with van der Waals surface area (Å²) in [7, 11) is 0. The van der Waals surface area contributed by atoms with E-state index in [0.717, 1.165) is 37.1 Å². The molecule has 30 heavy (non-hydrogen) atoms. The maximum Gasteiger partial charge on any atom is 0.261 e. The van der Waals surface area contributed by atoms with E-state index in [9.17, 15) is 14.3 Å². The number of likely N-dealkylation sites (tertiary alicyclic amines) is 1. The van der Waals surface area contributed by atoms with Crippen molar-refractivity contribution in [1.82, 2.24) is 14.5 Å². The van der Waals surface area contributed by atoms with E-state index in [4.69, 9.17) is 0 Å². The molecule has 1 aliphatic heterocycles. The third-order valence-electron chi connectivity index (χ3n) is 6.07. The van der Waals surface area contributed by atoms with Gasteiger partial charge in [0.2, 0.25) is 0 Å². The lowest BCUT2D eigenvalue weighted by atomic mass is 9.96. The number of fused-ring (bicyclic) bond motifs is 1. The summed E-state index contributed by atoms with van der Waals surface area (Å²) in [4.78, 5) is 20.4. The zero-order valence-electron chi connectivity index (χ0n) is 17.5. The number of hydrogen-bond donors (Lipinski definition) is 1. The molecular formula is C24H28FN3O2. The lowest BCUT2D eigenvalue weighted by Crippen LogP contribution is -2.42. The largest absolute Gasteiger partial charge is 0.388 e. The van der Waals surface area contributed by atoms with Crippen LogP contribution in [0.3, 0.4) is 0 Å². The molecule has 4 rings (SSSR count). The number of aliphatic hydroxyl groups is 1. The van der Waals surface area contributed by atoms with Crippen molar-refractivity contribution in [2.45, 2.75) is 45.9 Å². The molecule has 0 saturated carbocycles. The van der Waals surface area contributed by atoms with Gasteiger partial charge in [-0.3, -0.25) is 9.36 Å². The van der Waals surface area contributed by atoms with E-state index in [1.54, 1.807) is 22.8 Å². The predicted molar refractivity (Wildman–Crippen MR) is 117 cm³/mol. The Kier molecular flexibility index (Phi) is 5.97. The third-order valence-corrected chi connectivity index (χ3v) is 6.07. The summed E-state index contributed by atoms with van der Waals surface area (Å²) in [5.74, 6) is 0.464. The number of aliphatic hydroxyl groups excluding tert-OH is 1. The molecule has 1 atom stereocenters. The summed E-state index contributed by atoms with van der Waals surface area (Å²) in [5, 5.41) is 10.4. The molecule has 1 saturated heterocycles. The third kappa shape index (κ3) is 4.16. The second kappa shape index (κ2) is 8.66. The summed E-state index contributed by atoms with van der Waals surface area (Å²) in [6.45, 7) is 6.72. The molecule has 158 valence electrons. The lowest BCUT2D eigenvalue weighted by Gasteiger charge is -2.35. The van der Waals surface area contributed by atoms with Crippen molar-refractivity contribution in [3.05, 3.63) is 64.5 Å². The normalized spacial score (nSPS) is 17.7. The zero-order valence-corrected chi connectivity index (χ0v) is 17.5. The van der Waals surface area contributed by atoms with Crippen LogP contribution in [0.5, 0.6) is 0 Å². The van der Waals surface area contributed by atoms with E-state index in [0.29, 0.717) is 35.2 Å². The highest BCUT2D eigenvalue weighted by Crippen LogP contribution is 2.24. The average molecular weight is 410 g/mol. The molecule has 1 fully saturated rings. The highest BCUT2D eigenvalue weighted by Gasteiger charge is 2.23. The Labute approximate surface area is 175 Å². The maximum absolute atomic E-state index is 13.4. The minimum absolute atomic E-state index is 0.130. The van der Waals surface area contributed by atoms with Crippen molar-refractivity contribution < 1.29 is 9.50 Å². The Morgan fingerprint density at radius 3 is 2.60 bits per heavy atom. The van der Waals surface area contributed by atoms with Gasteiger partial charge in [-0.15, -0.1) is 0 Å². The fourth-order valence-corrected chi connectivity index (χ4v) is 4.37. The van der Waals surface area contributed by atoms with Gasteiger partial charge in [0.15, 0.2) is 0 Å². The molecule has 1 unspecified atom stereocenters. The van der Waals surface area contributed by atoms with Crippen LogP contribution in [0.25, 0.3) is 22.0 Å². The molecule has 0 spiro atoms. The van der Waals surface area contributed by atoms with Crippen LogP contribution in [0.15, 0.2) is 47.3 Å². The van der Waals surface area contributed by atoms with Crippen LogP contribution in [0.4, 0.5) is 4.39 Å². The molecule has 0 amide bonds. The van der Waals surface area contributed by atoms with Crippen molar-refractivity contribution >= 4 is 10.9 Å². The fraction of sp³-hybridized carbons (Fsp3) is 0.417. The highest BCUT2D eigenvalue weighted by atomic mass is 19.1. The minimum Gasteiger partial charge on any atom is -0.388 e. The number of piperidine rings is 1. The van der Waals surface area contributed by atoms with E-state index in [2.05, 4.69) is 23.7 Å². The molecular weight excluding hydrogens is 381 g/mol. The van der Waals surface area contributed by atoms with E-state index in [-0.39, 0.29) is 18.0 Å². The van der Waals surface area contributed by atoms with Gasteiger partial charge in [0.05, 0.1) is 10.9 Å². The standard InChI is InChI=1S/C24H28FN3O2/c1-16(2)27-11-3-4-17(13-27)14-28-23(15-29)26-22-10-7-19(12-21(22)24(28)30)18-5-8-20(25)9-6-18/h5-10,12,16-17,29H,3-4,11,13-15H2,1-2H3. The van der Waals surface area contributed by atoms with Gasteiger partial charge in [0.1, 0.15) is 18.2 Å². The first kappa shape index (κ1) is 20.7. The molecule has 1 aromatic heterocycles. The van der Waals surface area contributed by atoms with Crippen LogP contribution >= 0.6 is 0 Å². The van der Waals surface area contributed by atoms with E-state index in [1.807, 2.05) is 12.1 Å². The number of aromatic nitrogens is 2. The second-order valence-corrected chi connectivity index (χ2v) is 8.44. The smallest absolute Gasteiger partial charge is 0.261 e. The van der Waals surface area contributed by atoms with Crippen molar-refractivity contribution in [2.24, 2.45) is 5.92 Å². The zero-order chi connectivity index (χ0) is 21.3. The van der Waals surface area contributed by atoms with Crippen LogP contribution < -0.4 is 5.56 Å². The molecule has 5 nitrogen and oxygen atoms in total. The molecule has 0 aliphatic carbocycles. The molecule has 2 aromatic carbocycles. The van der Waals surface area contributed by atoms with Gasteiger partial charge < -0.3 is 10.0 Å². The van der Waals surface area contributed by atoms with Crippen LogP contribution in [0.1, 0.15) is 32.5 Å². The first-order chi connectivity index (χ1) is 14.5. The molecule has 6 heteroatoms. The van der Waals surface area contributed by atoms with Gasteiger partial charge in [-0.25, -0.2) is 9.37 Å². The summed E-state index contributed by atoms with van der Waals surface area (Å²) in [6.07, 6.45) is 2.18. The Balaban J connectivity index is 1.72. The van der Waals surface area contributed by atoms with Gasteiger partial charge in [0, 0.05) is 19.1 Å². The molecule has 0 bridgehead atoms. The highest BCUT2D eigenvalue weighted by molar-refractivity contribution is 5.83. The molecule has 1 N–H and O–H groups in total. The van der Waals surface area contributed by atoms with Gasteiger partial charge in [-0.05, 0) is 74.5 Å². The quantitative estimate of drug-likeness (QED) is 0.696. The van der Waals surface area contributed by atoms with E-state index < -0.39 is 0 Å². The number of nitrogens with zero attached hydrogens (tertiary/aromatic N) is 3. The first-order valence-corrected chi connectivity index (χ1v) is 10.6. The minimum atomic E-state index is -0.293. The summed E-state index contributed by atoms with van der Waals surface area (Å²) < 4.78 is 14.9. The van der Waals surface area contributed by atoms with Crippen molar-refractivity contribution in [3.8, 4) is 11.1 Å². The van der Waals surface area contributed by atoms with E-state index in [1.165, 1.54) is 12.1 Å². The molecule has 2 heterocycles. The average Bonchev–Trinajstić information content (AvgIpc) is 2.76. The summed E-state index contributed by atoms with van der Waals surface area (Å²) >= 11 is 0. The Morgan fingerprint density at radius 1 is 1.17 bits per heavy atom. The van der Waals surface area contributed by atoms with Crippen LogP contribution in [-0.2, 0) is 13.2 Å². The summed E-state index contributed by atoms with van der Waals surface area (Å²) in [6, 6.07) is 12.2. The lowest BCUT2D eigenvalue weighted by molar-refractivity contribution is 0.128. The number of benzene rings is 2. The first-order valence-electron chi connectivity index (χ1n) is 10.6. The number of rotatable bonds is 5. The molecule has 0 radical (unpaired) electrons. The topological polar surface area (TPSA) is 58.4 Å². The van der Waals surface area contributed by atoms with Gasteiger partial charge >= 0.3 is 0 Å². The van der Waals surface area contributed by atoms with E-state index >= 15 is 0 Å². The van der Waals surface area contributed by atoms with Crippen LogP contribution in [0.2, 0.25) is 0 Å². The molecule has 1 aliphatic rings. The second-order valence-electron chi connectivity index (χ2n) is 8.44. The van der Waals surface area contributed by atoms with Crippen molar-refractivity contribution in [3.63, 3.8) is 0 Å². The van der Waals surface area contributed by atoms with Crippen LogP contribution in [-0.4, -0.2) is 38.7 Å². The van der Waals surface area contributed by atoms with Crippen molar-refractivity contribution in [1.29, 1.82) is 0 Å². The summed E-state index contributed by atoms with van der Waals surface area (Å²) in [5.41, 5.74) is 2.12. The number of halogens is 1.